The molecule has 1 aromatic heterocycles. The first-order valence-electron chi connectivity index (χ1n) is 8.43. The second-order valence-electron chi connectivity index (χ2n) is 6.68. The number of hydrogen-bond donors (Lipinski definition) is 0. The summed E-state index contributed by atoms with van der Waals surface area (Å²) in [5.41, 5.74) is 2.03. The predicted octanol–water partition coefficient (Wildman–Crippen LogP) is 4.76. The molecule has 2 aliphatic rings. The van der Waals surface area contributed by atoms with E-state index in [1.54, 1.807) is 13.0 Å². The molecule has 3 aromatic rings. The molecule has 5 rings (SSSR count). The number of halogens is 1. The number of para-hydroxylation sites is 1. The van der Waals surface area contributed by atoms with E-state index in [1.165, 1.54) is 0 Å². The van der Waals surface area contributed by atoms with E-state index < -0.39 is 5.79 Å². The lowest BCUT2D eigenvalue weighted by Gasteiger charge is -2.45. The third-order valence-corrected chi connectivity index (χ3v) is 5.27. The Balaban J connectivity index is 1.78. The van der Waals surface area contributed by atoms with Crippen molar-refractivity contribution in [1.82, 2.24) is 0 Å². The largest absolute Gasteiger partial charge is 0.448 e. The van der Waals surface area contributed by atoms with Gasteiger partial charge in [-0.2, -0.15) is 0 Å². The first-order chi connectivity index (χ1) is 12.6. The Morgan fingerprint density at radius 1 is 1.04 bits per heavy atom. The fourth-order valence-corrected chi connectivity index (χ4v) is 4.01. The van der Waals surface area contributed by atoms with Gasteiger partial charge in [-0.25, -0.2) is 4.79 Å². The highest BCUT2D eigenvalue weighted by molar-refractivity contribution is 6.30. The monoisotopic (exact) mass is 366 g/mol. The van der Waals surface area contributed by atoms with E-state index in [0.717, 1.165) is 11.1 Å². The molecule has 3 heterocycles. The predicted molar refractivity (Wildman–Crippen MR) is 97.0 cm³/mol. The van der Waals surface area contributed by atoms with Gasteiger partial charge >= 0.3 is 5.63 Å². The van der Waals surface area contributed by atoms with E-state index in [-0.39, 0.29) is 11.5 Å². The molecule has 0 amide bonds. The van der Waals surface area contributed by atoms with Crippen molar-refractivity contribution in [3.05, 3.63) is 92.5 Å². The Labute approximate surface area is 154 Å². The van der Waals surface area contributed by atoms with Crippen LogP contribution in [0, 0.1) is 6.92 Å². The second-order valence-corrected chi connectivity index (χ2v) is 7.12. The van der Waals surface area contributed by atoms with Gasteiger partial charge in [-0.3, -0.25) is 0 Å². The zero-order valence-corrected chi connectivity index (χ0v) is 14.7. The molecule has 0 radical (unpaired) electrons. The van der Waals surface area contributed by atoms with Crippen LogP contribution in [0.2, 0.25) is 5.02 Å². The summed E-state index contributed by atoms with van der Waals surface area (Å²) in [7, 11) is 0. The van der Waals surface area contributed by atoms with Crippen LogP contribution in [0.3, 0.4) is 0 Å². The molecule has 4 nitrogen and oxygen atoms in total. The van der Waals surface area contributed by atoms with Gasteiger partial charge in [0.25, 0.3) is 5.79 Å². The van der Waals surface area contributed by atoms with Crippen molar-refractivity contribution in [1.29, 1.82) is 0 Å². The van der Waals surface area contributed by atoms with Gasteiger partial charge in [0.1, 0.15) is 17.3 Å². The van der Waals surface area contributed by atoms with Crippen molar-refractivity contribution in [2.24, 2.45) is 0 Å². The van der Waals surface area contributed by atoms with Gasteiger partial charge in [0.05, 0.1) is 5.56 Å². The minimum Gasteiger partial charge on any atom is -0.448 e. The topological polar surface area (TPSA) is 48.7 Å². The van der Waals surface area contributed by atoms with Crippen molar-refractivity contribution in [3.63, 3.8) is 0 Å². The maximum absolute atomic E-state index is 12.6. The van der Waals surface area contributed by atoms with Gasteiger partial charge in [0.2, 0.25) is 0 Å². The lowest BCUT2D eigenvalue weighted by Crippen LogP contribution is -2.47. The number of hydrogen-bond acceptors (Lipinski definition) is 4. The van der Waals surface area contributed by atoms with Crippen molar-refractivity contribution < 1.29 is 13.9 Å². The molecule has 130 valence electrons. The SMILES string of the molecule is Cc1cc2c(c(=O)o1)C1CC(c3ccc(Cl)cc3)(Oc3ccccc31)O2. The smallest absolute Gasteiger partial charge is 0.343 e. The standard InChI is InChI=1S/C21H15ClO4/c1-12-10-18-19(20(23)24-12)16-11-21(26-18,13-6-8-14(22)9-7-13)25-17-5-3-2-4-15(16)17/h2-10,16H,11H2,1H3. The van der Waals surface area contributed by atoms with Gasteiger partial charge in [-0.05, 0) is 37.3 Å². The van der Waals surface area contributed by atoms with Crippen LogP contribution in [0.5, 0.6) is 11.5 Å². The summed E-state index contributed by atoms with van der Waals surface area (Å²) >= 11 is 6.05. The highest BCUT2D eigenvalue weighted by atomic mass is 35.5. The van der Waals surface area contributed by atoms with Crippen LogP contribution in [0.25, 0.3) is 0 Å². The molecular formula is C21H15ClO4. The molecule has 26 heavy (non-hydrogen) atoms. The Morgan fingerprint density at radius 3 is 2.58 bits per heavy atom. The van der Waals surface area contributed by atoms with Crippen LogP contribution in [-0.4, -0.2) is 0 Å². The first-order valence-corrected chi connectivity index (χ1v) is 8.81. The fourth-order valence-electron chi connectivity index (χ4n) is 3.89. The van der Waals surface area contributed by atoms with Crippen LogP contribution in [0.4, 0.5) is 0 Å². The molecule has 0 saturated carbocycles. The van der Waals surface area contributed by atoms with Crippen molar-refractivity contribution >= 4 is 11.6 Å². The quantitative estimate of drug-likeness (QED) is 0.623. The van der Waals surface area contributed by atoms with Crippen molar-refractivity contribution in [2.45, 2.75) is 25.0 Å². The summed E-state index contributed by atoms with van der Waals surface area (Å²) in [6, 6.07) is 16.9. The molecule has 0 N–H and O–H groups in total. The second kappa shape index (κ2) is 5.39. The molecule has 0 fully saturated rings. The Bertz CT molecular complexity index is 1070. The number of aryl methyl sites for hydroxylation is 1. The van der Waals surface area contributed by atoms with Crippen molar-refractivity contribution in [3.8, 4) is 11.5 Å². The minimum absolute atomic E-state index is 0.156. The summed E-state index contributed by atoms with van der Waals surface area (Å²) in [6.45, 7) is 1.74. The summed E-state index contributed by atoms with van der Waals surface area (Å²) in [5, 5.41) is 0.644. The van der Waals surface area contributed by atoms with Gasteiger partial charge in [0, 0.05) is 34.6 Å². The molecule has 0 saturated heterocycles. The fraction of sp³-hybridized carbons (Fsp3) is 0.190. The summed E-state index contributed by atoms with van der Waals surface area (Å²) in [5.74, 6) is 0.574. The van der Waals surface area contributed by atoms with Gasteiger partial charge in [-0.1, -0.05) is 29.8 Å². The van der Waals surface area contributed by atoms with E-state index in [0.29, 0.717) is 34.3 Å². The molecule has 2 atom stereocenters. The van der Waals surface area contributed by atoms with Gasteiger partial charge in [0.15, 0.2) is 0 Å². The zero-order valence-electron chi connectivity index (χ0n) is 14.0. The van der Waals surface area contributed by atoms with Crippen LogP contribution >= 0.6 is 11.6 Å². The van der Waals surface area contributed by atoms with Crippen LogP contribution < -0.4 is 15.1 Å². The van der Waals surface area contributed by atoms with Crippen molar-refractivity contribution in [2.75, 3.05) is 0 Å². The highest BCUT2D eigenvalue weighted by Gasteiger charge is 2.50. The molecule has 5 heteroatoms. The van der Waals surface area contributed by atoms with E-state index >= 15 is 0 Å². The van der Waals surface area contributed by atoms with Gasteiger partial charge in [-0.15, -0.1) is 0 Å². The summed E-state index contributed by atoms with van der Waals surface area (Å²) in [6.07, 6.45) is 0.493. The molecule has 0 spiro atoms. The summed E-state index contributed by atoms with van der Waals surface area (Å²) in [4.78, 5) is 12.6. The normalized spacial score (nSPS) is 22.6. The summed E-state index contributed by atoms with van der Waals surface area (Å²) < 4.78 is 18.0. The minimum atomic E-state index is -1.00. The van der Waals surface area contributed by atoms with E-state index in [1.807, 2.05) is 48.5 Å². The van der Waals surface area contributed by atoms with E-state index in [2.05, 4.69) is 0 Å². The molecule has 2 unspecified atom stereocenters. The van der Waals surface area contributed by atoms with E-state index in [9.17, 15) is 4.79 Å². The lowest BCUT2D eigenvalue weighted by molar-refractivity contribution is -0.149. The maximum Gasteiger partial charge on any atom is 0.343 e. The number of fused-ring (bicyclic) bond motifs is 6. The average molecular weight is 367 g/mol. The third-order valence-electron chi connectivity index (χ3n) is 5.02. The van der Waals surface area contributed by atoms with Crippen LogP contribution in [-0.2, 0) is 5.79 Å². The molecule has 2 bridgehead atoms. The zero-order chi connectivity index (χ0) is 17.9. The number of rotatable bonds is 1. The van der Waals surface area contributed by atoms with E-state index in [4.69, 9.17) is 25.5 Å². The lowest BCUT2D eigenvalue weighted by atomic mass is 9.79. The third kappa shape index (κ3) is 2.19. The highest BCUT2D eigenvalue weighted by Crippen LogP contribution is 2.53. The molecular weight excluding hydrogens is 352 g/mol. The van der Waals surface area contributed by atoms with Crippen LogP contribution in [0.1, 0.15) is 34.8 Å². The molecule has 2 aliphatic heterocycles. The molecule has 0 aliphatic carbocycles. The first kappa shape index (κ1) is 15.5. The molecule has 2 aromatic carbocycles. The Hall–Kier alpha value is -2.72. The maximum atomic E-state index is 12.6. The van der Waals surface area contributed by atoms with Gasteiger partial charge < -0.3 is 13.9 Å². The Kier molecular flexibility index (Phi) is 3.22. The Morgan fingerprint density at radius 2 is 1.77 bits per heavy atom. The average Bonchev–Trinajstić information content (AvgIpc) is 2.61. The number of benzene rings is 2. The van der Waals surface area contributed by atoms with Crippen LogP contribution in [0.15, 0.2) is 63.8 Å². The number of ether oxygens (including phenoxy) is 2.